The summed E-state index contributed by atoms with van der Waals surface area (Å²) >= 11 is 0. The number of phenolic OH excluding ortho intramolecular Hbond substituents is 1. The summed E-state index contributed by atoms with van der Waals surface area (Å²) in [4.78, 5) is 27.0. The minimum atomic E-state index is -1.17. The molecule has 0 saturated heterocycles. The number of likely N-dealkylation sites (N-methyl/N-ethyl adjacent to an activating group) is 1. The predicted octanol–water partition coefficient (Wildman–Crippen LogP) is 4.34. The first-order chi connectivity index (χ1) is 12.7. The molecule has 27 heavy (non-hydrogen) atoms. The van der Waals surface area contributed by atoms with Crippen LogP contribution in [-0.4, -0.2) is 34.0 Å². The van der Waals surface area contributed by atoms with Crippen molar-refractivity contribution in [3.05, 3.63) is 64.7 Å². The van der Waals surface area contributed by atoms with Crippen molar-refractivity contribution in [1.82, 2.24) is 0 Å². The first kappa shape index (κ1) is 18.7. The molecule has 140 valence electrons. The van der Waals surface area contributed by atoms with Gasteiger partial charge in [-0.1, -0.05) is 24.3 Å². The van der Waals surface area contributed by atoms with E-state index < -0.39 is 11.8 Å². The molecule has 2 N–H and O–H groups in total. The van der Waals surface area contributed by atoms with Crippen LogP contribution in [0.15, 0.2) is 42.5 Å². The lowest BCUT2D eigenvalue weighted by Crippen LogP contribution is -2.45. The van der Waals surface area contributed by atoms with Gasteiger partial charge in [0.25, 0.3) is 0 Å². The van der Waals surface area contributed by atoms with Gasteiger partial charge in [0.05, 0.1) is 22.4 Å². The minimum Gasteiger partial charge on any atom is -0.507 e. The second-order valence-corrected chi connectivity index (χ2v) is 7.26. The number of hydrogen-bond donors (Lipinski definition) is 2. The minimum absolute atomic E-state index is 0.0646. The van der Waals surface area contributed by atoms with Gasteiger partial charge in [-0.3, -0.25) is 4.79 Å². The molecule has 1 heterocycles. The zero-order chi connectivity index (χ0) is 19.9. The van der Waals surface area contributed by atoms with Crippen LogP contribution in [0.1, 0.15) is 59.5 Å². The Morgan fingerprint density at radius 3 is 2.30 bits per heavy atom. The summed E-state index contributed by atoms with van der Waals surface area (Å²) in [7, 11) is 0. The van der Waals surface area contributed by atoms with Gasteiger partial charge in [-0.2, -0.15) is 0 Å². The molecule has 0 aromatic heterocycles. The number of carboxylic acid groups (broad SMARTS) is 1. The van der Waals surface area contributed by atoms with E-state index in [4.69, 9.17) is 0 Å². The zero-order valence-electron chi connectivity index (χ0n) is 15.9. The van der Waals surface area contributed by atoms with Crippen LogP contribution in [0.5, 0.6) is 5.75 Å². The fraction of sp³-hybridized carbons (Fsp3) is 0.273. The Hall–Kier alpha value is -3.08. The van der Waals surface area contributed by atoms with Crippen molar-refractivity contribution < 1.29 is 19.8 Å². The molecule has 2 aromatic rings. The number of carbonyl (C=O) groups excluding carboxylic acids is 1. The second-order valence-electron chi connectivity index (χ2n) is 7.26. The van der Waals surface area contributed by atoms with Gasteiger partial charge >= 0.3 is 5.97 Å². The second kappa shape index (κ2) is 6.58. The maximum atomic E-state index is 13.4. The topological polar surface area (TPSA) is 77.8 Å². The van der Waals surface area contributed by atoms with E-state index in [1.165, 1.54) is 18.2 Å². The molecule has 5 heteroatoms. The van der Waals surface area contributed by atoms with E-state index in [1.54, 1.807) is 18.2 Å². The number of carbonyl (C=O) groups is 2. The van der Waals surface area contributed by atoms with Gasteiger partial charge in [-0.05, 0) is 51.5 Å². The number of anilines is 1. The highest BCUT2D eigenvalue weighted by Gasteiger charge is 2.35. The molecular weight excluding hydrogens is 342 g/mol. The highest BCUT2D eigenvalue weighted by molar-refractivity contribution is 6.19. The van der Waals surface area contributed by atoms with Crippen LogP contribution in [0.3, 0.4) is 0 Å². The molecule has 0 saturated carbocycles. The number of rotatable bonds is 4. The number of carboxylic acids is 1. The third-order valence-corrected chi connectivity index (χ3v) is 5.06. The van der Waals surface area contributed by atoms with E-state index in [1.807, 2.05) is 27.7 Å². The van der Waals surface area contributed by atoms with Crippen molar-refractivity contribution >= 4 is 23.0 Å². The lowest BCUT2D eigenvalue weighted by Gasteiger charge is -2.43. The van der Waals surface area contributed by atoms with E-state index in [-0.39, 0.29) is 28.0 Å². The van der Waals surface area contributed by atoms with Crippen molar-refractivity contribution in [2.24, 2.45) is 0 Å². The summed E-state index contributed by atoms with van der Waals surface area (Å²) in [6, 6.07) is 9.38. The van der Waals surface area contributed by atoms with Crippen molar-refractivity contribution in [3.8, 4) is 5.75 Å². The molecule has 0 aliphatic carbocycles. The Morgan fingerprint density at radius 1 is 1.07 bits per heavy atom. The summed E-state index contributed by atoms with van der Waals surface area (Å²) in [5.41, 5.74) is 2.31. The summed E-state index contributed by atoms with van der Waals surface area (Å²) in [5, 5.41) is 20.0. The molecule has 3 rings (SSSR count). The molecular formula is C22H23NO4. The SMILES string of the molecule is CCN1c2c(ccc(O)c2C(=O)c2ccccc2C(=O)O)C(C)=CC1(C)C. The van der Waals surface area contributed by atoms with Gasteiger partial charge in [-0.25, -0.2) is 4.79 Å². The Bertz CT molecular complexity index is 972. The van der Waals surface area contributed by atoms with Crippen LogP contribution in [0.2, 0.25) is 0 Å². The van der Waals surface area contributed by atoms with Crippen molar-refractivity contribution in [2.45, 2.75) is 33.2 Å². The van der Waals surface area contributed by atoms with Crippen LogP contribution < -0.4 is 4.90 Å². The lowest BCUT2D eigenvalue weighted by molar-refractivity contribution is 0.0692. The van der Waals surface area contributed by atoms with Gasteiger partial charge in [0.15, 0.2) is 5.78 Å². The fourth-order valence-electron chi connectivity index (χ4n) is 3.94. The average molecular weight is 365 g/mol. The molecule has 0 atom stereocenters. The van der Waals surface area contributed by atoms with Crippen molar-refractivity contribution in [3.63, 3.8) is 0 Å². The number of ketones is 1. The maximum absolute atomic E-state index is 13.4. The Kier molecular flexibility index (Phi) is 4.56. The smallest absolute Gasteiger partial charge is 0.336 e. The molecule has 1 aliphatic heterocycles. The van der Waals surface area contributed by atoms with Gasteiger partial charge in [0, 0.05) is 17.7 Å². The number of fused-ring (bicyclic) bond motifs is 1. The van der Waals surface area contributed by atoms with Crippen molar-refractivity contribution in [2.75, 3.05) is 11.4 Å². The molecule has 0 spiro atoms. The average Bonchev–Trinajstić information content (AvgIpc) is 2.60. The predicted molar refractivity (Wildman–Crippen MR) is 106 cm³/mol. The van der Waals surface area contributed by atoms with E-state index >= 15 is 0 Å². The van der Waals surface area contributed by atoms with Crippen molar-refractivity contribution in [1.29, 1.82) is 0 Å². The largest absolute Gasteiger partial charge is 0.507 e. The quantitative estimate of drug-likeness (QED) is 0.788. The monoisotopic (exact) mass is 365 g/mol. The molecule has 0 radical (unpaired) electrons. The highest BCUT2D eigenvalue weighted by Crippen LogP contribution is 2.44. The Labute approximate surface area is 158 Å². The first-order valence-corrected chi connectivity index (χ1v) is 8.89. The van der Waals surface area contributed by atoms with E-state index in [9.17, 15) is 19.8 Å². The van der Waals surface area contributed by atoms with E-state index in [0.29, 0.717) is 12.2 Å². The van der Waals surface area contributed by atoms with Gasteiger partial charge in [0.2, 0.25) is 0 Å². The number of allylic oxidation sites excluding steroid dienone is 1. The summed E-state index contributed by atoms with van der Waals surface area (Å²) in [6.07, 6.45) is 2.13. The number of aromatic carboxylic acids is 1. The molecule has 2 aromatic carbocycles. The molecule has 0 bridgehead atoms. The van der Waals surface area contributed by atoms with Gasteiger partial charge in [-0.15, -0.1) is 0 Å². The van der Waals surface area contributed by atoms with Crippen LogP contribution in [0, 0.1) is 0 Å². The van der Waals surface area contributed by atoms with E-state index in [0.717, 1.165) is 11.1 Å². The molecule has 1 aliphatic rings. The normalized spacial score (nSPS) is 15.1. The Balaban J connectivity index is 2.31. The summed E-state index contributed by atoms with van der Waals surface area (Å²) < 4.78 is 0. The number of hydrogen-bond acceptors (Lipinski definition) is 4. The summed E-state index contributed by atoms with van der Waals surface area (Å²) in [5.74, 6) is -1.82. The van der Waals surface area contributed by atoms with Gasteiger partial charge < -0.3 is 15.1 Å². The van der Waals surface area contributed by atoms with E-state index in [2.05, 4.69) is 11.0 Å². The van der Waals surface area contributed by atoms with Crippen LogP contribution in [-0.2, 0) is 0 Å². The number of benzene rings is 2. The molecule has 0 unspecified atom stereocenters. The highest BCUT2D eigenvalue weighted by atomic mass is 16.4. The third kappa shape index (κ3) is 2.99. The zero-order valence-corrected chi connectivity index (χ0v) is 15.9. The summed E-state index contributed by atoms with van der Waals surface area (Å²) in [6.45, 7) is 8.70. The molecule has 0 amide bonds. The first-order valence-electron chi connectivity index (χ1n) is 8.89. The Morgan fingerprint density at radius 2 is 1.70 bits per heavy atom. The lowest BCUT2D eigenvalue weighted by atomic mass is 9.84. The fourth-order valence-corrected chi connectivity index (χ4v) is 3.94. The van der Waals surface area contributed by atoms with Gasteiger partial charge in [0.1, 0.15) is 5.75 Å². The van der Waals surface area contributed by atoms with Crippen LogP contribution in [0.4, 0.5) is 5.69 Å². The number of nitrogens with zero attached hydrogens (tertiary/aromatic N) is 1. The standard InChI is InChI=1S/C22H23NO4/c1-5-23-19-14(13(2)12-22(23,3)4)10-11-17(24)18(19)20(25)15-8-6-7-9-16(15)21(26)27/h6-12,24H,5H2,1-4H3,(H,26,27). The molecule has 5 nitrogen and oxygen atoms in total. The number of phenols is 1. The number of aromatic hydroxyl groups is 1. The van der Waals surface area contributed by atoms with Crippen LogP contribution in [0.25, 0.3) is 5.57 Å². The maximum Gasteiger partial charge on any atom is 0.336 e. The van der Waals surface area contributed by atoms with Crippen LogP contribution >= 0.6 is 0 Å². The molecule has 0 fully saturated rings. The third-order valence-electron chi connectivity index (χ3n) is 5.06.